The van der Waals surface area contributed by atoms with Crippen LogP contribution >= 0.6 is 11.8 Å². The first-order valence-corrected chi connectivity index (χ1v) is 8.87. The van der Waals surface area contributed by atoms with Crippen molar-refractivity contribution in [3.05, 3.63) is 29.8 Å². The van der Waals surface area contributed by atoms with Crippen molar-refractivity contribution in [2.45, 2.75) is 50.3 Å². The lowest BCUT2D eigenvalue weighted by molar-refractivity contribution is 0.401. The quantitative estimate of drug-likeness (QED) is 0.824. The molecule has 1 aromatic carbocycles. The maximum Gasteiger partial charge on any atom is 0.122 e. The summed E-state index contributed by atoms with van der Waals surface area (Å²) in [6, 6.07) is 9.00. The van der Waals surface area contributed by atoms with Crippen molar-refractivity contribution in [2.75, 3.05) is 19.4 Å². The molecule has 0 bridgehead atoms. The minimum atomic E-state index is 0.566. The van der Waals surface area contributed by atoms with Crippen LogP contribution in [0.5, 0.6) is 5.75 Å². The van der Waals surface area contributed by atoms with E-state index in [2.05, 4.69) is 42.2 Å². The fraction of sp³-hybridized carbons (Fsp3) is 0.647. The normalized spacial score (nSPS) is 20.6. The van der Waals surface area contributed by atoms with Gasteiger partial charge in [-0.3, -0.25) is 0 Å². The summed E-state index contributed by atoms with van der Waals surface area (Å²) in [4.78, 5) is 0. The Kier molecular flexibility index (Phi) is 6.74. The van der Waals surface area contributed by atoms with Crippen molar-refractivity contribution in [3.63, 3.8) is 0 Å². The highest BCUT2D eigenvalue weighted by Gasteiger charge is 2.24. The number of nitrogens with one attached hydrogen (secondary N) is 1. The molecule has 2 unspecified atom stereocenters. The number of rotatable bonds is 7. The second kappa shape index (κ2) is 8.58. The monoisotopic (exact) mass is 293 g/mol. The van der Waals surface area contributed by atoms with Gasteiger partial charge in [0.05, 0.1) is 7.11 Å². The third-order valence-corrected chi connectivity index (χ3v) is 5.47. The summed E-state index contributed by atoms with van der Waals surface area (Å²) < 4.78 is 5.50. The Hall–Kier alpha value is -0.670. The predicted molar refractivity (Wildman–Crippen MR) is 88.9 cm³/mol. The SMILES string of the molecule is CCCNC(Cc1ccccc1OC)C1CCCCS1. The van der Waals surface area contributed by atoms with Gasteiger partial charge >= 0.3 is 0 Å². The molecule has 0 radical (unpaired) electrons. The Balaban J connectivity index is 2.05. The van der Waals surface area contributed by atoms with Crippen molar-refractivity contribution < 1.29 is 4.74 Å². The Morgan fingerprint density at radius 3 is 2.90 bits per heavy atom. The molecular weight excluding hydrogens is 266 g/mol. The van der Waals surface area contributed by atoms with Crippen LogP contribution in [0.2, 0.25) is 0 Å². The standard InChI is InChI=1S/C17H27NOS/c1-3-11-18-15(17-10-6-7-12-20-17)13-14-8-4-5-9-16(14)19-2/h4-5,8-9,15,17-18H,3,6-7,10-13H2,1-2H3. The third-order valence-electron chi connectivity index (χ3n) is 3.95. The van der Waals surface area contributed by atoms with Gasteiger partial charge < -0.3 is 10.1 Å². The molecule has 0 aromatic heterocycles. The number of para-hydroxylation sites is 1. The van der Waals surface area contributed by atoms with E-state index >= 15 is 0 Å². The van der Waals surface area contributed by atoms with Crippen LogP contribution in [0.4, 0.5) is 0 Å². The van der Waals surface area contributed by atoms with E-state index in [-0.39, 0.29) is 0 Å². The molecule has 0 spiro atoms. The van der Waals surface area contributed by atoms with Gasteiger partial charge in [0.2, 0.25) is 0 Å². The lowest BCUT2D eigenvalue weighted by Gasteiger charge is -2.31. The van der Waals surface area contributed by atoms with Crippen LogP contribution in [0, 0.1) is 0 Å². The smallest absolute Gasteiger partial charge is 0.122 e. The summed E-state index contributed by atoms with van der Waals surface area (Å²) in [5.41, 5.74) is 1.33. The van der Waals surface area contributed by atoms with Gasteiger partial charge in [0.15, 0.2) is 0 Å². The number of ether oxygens (including phenoxy) is 1. The molecule has 0 aliphatic carbocycles. The topological polar surface area (TPSA) is 21.3 Å². The van der Waals surface area contributed by atoms with Crippen LogP contribution in [0.25, 0.3) is 0 Å². The van der Waals surface area contributed by atoms with Crippen molar-refractivity contribution in [2.24, 2.45) is 0 Å². The summed E-state index contributed by atoms with van der Waals surface area (Å²) in [6.45, 7) is 3.35. The van der Waals surface area contributed by atoms with Crippen LogP contribution in [-0.4, -0.2) is 30.7 Å². The van der Waals surface area contributed by atoms with Gasteiger partial charge in [0, 0.05) is 11.3 Å². The maximum atomic E-state index is 5.50. The molecule has 3 heteroatoms. The van der Waals surface area contributed by atoms with Gasteiger partial charge in [0.25, 0.3) is 0 Å². The lowest BCUT2D eigenvalue weighted by Crippen LogP contribution is -2.41. The molecule has 1 fully saturated rings. The highest BCUT2D eigenvalue weighted by atomic mass is 32.2. The third kappa shape index (κ3) is 4.42. The summed E-state index contributed by atoms with van der Waals surface area (Å²) in [5, 5.41) is 4.51. The lowest BCUT2D eigenvalue weighted by atomic mass is 9.98. The average molecular weight is 293 g/mol. The van der Waals surface area contributed by atoms with E-state index in [1.807, 2.05) is 6.07 Å². The van der Waals surface area contributed by atoms with E-state index in [0.29, 0.717) is 6.04 Å². The predicted octanol–water partition coefficient (Wildman–Crippen LogP) is 3.89. The second-order valence-electron chi connectivity index (χ2n) is 5.48. The molecular formula is C17H27NOS. The Morgan fingerprint density at radius 2 is 2.20 bits per heavy atom. The number of thioether (sulfide) groups is 1. The van der Waals surface area contributed by atoms with Gasteiger partial charge in [-0.15, -0.1) is 0 Å². The van der Waals surface area contributed by atoms with E-state index in [1.54, 1.807) is 7.11 Å². The van der Waals surface area contributed by atoms with Gasteiger partial charge in [-0.2, -0.15) is 11.8 Å². The van der Waals surface area contributed by atoms with Gasteiger partial charge in [-0.1, -0.05) is 31.5 Å². The zero-order valence-corrected chi connectivity index (χ0v) is 13.5. The first-order chi connectivity index (χ1) is 9.85. The number of hydrogen-bond donors (Lipinski definition) is 1. The van der Waals surface area contributed by atoms with Crippen molar-refractivity contribution in [1.82, 2.24) is 5.32 Å². The van der Waals surface area contributed by atoms with E-state index in [9.17, 15) is 0 Å². The molecule has 2 nitrogen and oxygen atoms in total. The molecule has 2 atom stereocenters. The largest absolute Gasteiger partial charge is 0.496 e. The molecule has 1 saturated heterocycles. The summed E-state index contributed by atoms with van der Waals surface area (Å²) in [6.07, 6.45) is 6.38. The van der Waals surface area contributed by atoms with Crippen molar-refractivity contribution >= 4 is 11.8 Å². The van der Waals surface area contributed by atoms with E-state index in [0.717, 1.165) is 24.0 Å². The number of benzene rings is 1. The molecule has 1 aliphatic heterocycles. The fourth-order valence-corrected chi connectivity index (χ4v) is 4.29. The van der Waals surface area contributed by atoms with E-state index in [4.69, 9.17) is 4.74 Å². The maximum absolute atomic E-state index is 5.50. The molecule has 1 N–H and O–H groups in total. The van der Waals surface area contributed by atoms with Crippen LogP contribution in [0.15, 0.2) is 24.3 Å². The molecule has 1 aliphatic rings. The number of hydrogen-bond acceptors (Lipinski definition) is 3. The number of methoxy groups -OCH3 is 1. The van der Waals surface area contributed by atoms with Crippen molar-refractivity contribution in [3.8, 4) is 5.75 Å². The minimum absolute atomic E-state index is 0.566. The molecule has 1 heterocycles. The molecule has 1 aromatic rings. The van der Waals surface area contributed by atoms with E-state index < -0.39 is 0 Å². The minimum Gasteiger partial charge on any atom is -0.496 e. The van der Waals surface area contributed by atoms with Gasteiger partial charge in [-0.05, 0) is 49.6 Å². The Bertz CT molecular complexity index is 390. The van der Waals surface area contributed by atoms with Gasteiger partial charge in [-0.25, -0.2) is 0 Å². The van der Waals surface area contributed by atoms with Crippen LogP contribution in [0.1, 0.15) is 38.2 Å². The molecule has 0 saturated carbocycles. The molecule has 2 rings (SSSR count). The second-order valence-corrected chi connectivity index (χ2v) is 6.83. The first kappa shape index (κ1) is 15.7. The highest BCUT2D eigenvalue weighted by molar-refractivity contribution is 8.00. The summed E-state index contributed by atoms with van der Waals surface area (Å²) >= 11 is 2.15. The van der Waals surface area contributed by atoms with Crippen LogP contribution < -0.4 is 10.1 Å². The molecule has 0 amide bonds. The summed E-state index contributed by atoms with van der Waals surface area (Å²) in [5.74, 6) is 2.34. The van der Waals surface area contributed by atoms with Crippen LogP contribution in [0.3, 0.4) is 0 Å². The molecule has 112 valence electrons. The zero-order valence-electron chi connectivity index (χ0n) is 12.7. The Labute approximate surface area is 127 Å². The average Bonchev–Trinajstić information content (AvgIpc) is 2.52. The highest BCUT2D eigenvalue weighted by Crippen LogP contribution is 2.30. The molecule has 20 heavy (non-hydrogen) atoms. The Morgan fingerprint density at radius 1 is 1.35 bits per heavy atom. The van der Waals surface area contributed by atoms with Crippen molar-refractivity contribution in [1.29, 1.82) is 0 Å². The fourth-order valence-electron chi connectivity index (χ4n) is 2.86. The van der Waals surface area contributed by atoms with Gasteiger partial charge in [0.1, 0.15) is 5.75 Å². The summed E-state index contributed by atoms with van der Waals surface area (Å²) in [7, 11) is 1.77. The van der Waals surface area contributed by atoms with Crippen LogP contribution in [-0.2, 0) is 6.42 Å². The first-order valence-electron chi connectivity index (χ1n) is 7.82. The van der Waals surface area contributed by atoms with E-state index in [1.165, 1.54) is 37.0 Å². The zero-order chi connectivity index (χ0) is 14.2.